The number of benzene rings is 1. The summed E-state index contributed by atoms with van der Waals surface area (Å²) in [5, 5.41) is 7.64. The Morgan fingerprint density at radius 2 is 1.94 bits per heavy atom. The molecule has 0 aliphatic heterocycles. The zero-order valence-electron chi connectivity index (χ0n) is 8.38. The predicted molar refractivity (Wildman–Crippen MR) is 59.1 cm³/mol. The molecule has 0 unspecified atom stereocenters. The van der Waals surface area contributed by atoms with Crippen molar-refractivity contribution in [2.24, 2.45) is 0 Å². The van der Waals surface area contributed by atoms with Crippen LogP contribution in [-0.4, -0.2) is 19.5 Å². The van der Waals surface area contributed by atoms with Crippen LogP contribution in [0.15, 0.2) is 43.0 Å². The van der Waals surface area contributed by atoms with Gasteiger partial charge >= 0.3 is 0 Å². The van der Waals surface area contributed by atoms with Crippen molar-refractivity contribution in [3.8, 4) is 5.69 Å². The van der Waals surface area contributed by atoms with Gasteiger partial charge in [-0.15, -0.1) is 0 Å². The largest absolute Gasteiger partial charge is 0.340 e. The molecule has 0 spiro atoms. The van der Waals surface area contributed by atoms with Crippen LogP contribution in [0.5, 0.6) is 0 Å². The number of nitrogens with zero attached hydrogens (tertiary/aromatic N) is 3. The summed E-state index contributed by atoms with van der Waals surface area (Å²) in [5.74, 6) is 0. The van der Waals surface area contributed by atoms with Gasteiger partial charge in [-0.3, -0.25) is 9.98 Å². The maximum atomic E-state index is 7.64. The van der Waals surface area contributed by atoms with Crippen molar-refractivity contribution in [1.29, 1.82) is 5.41 Å². The van der Waals surface area contributed by atoms with Crippen LogP contribution in [0.3, 0.4) is 0 Å². The summed E-state index contributed by atoms with van der Waals surface area (Å²) >= 11 is 0. The van der Waals surface area contributed by atoms with Crippen molar-refractivity contribution < 1.29 is 0 Å². The molecule has 78 valence electrons. The number of hydrogen-bond donors (Lipinski definition) is 2. The second-order valence-electron chi connectivity index (χ2n) is 3.40. The normalized spacial score (nSPS) is 10.8. The standard InChI is InChI=1S/C11H9N5/c12-10-9-11(14-6-13-9)16(7-15-10)8-4-2-1-3-5-8/h1-7,12H,(H,13,14). The number of imidazole rings is 1. The van der Waals surface area contributed by atoms with Crippen molar-refractivity contribution >= 4 is 11.2 Å². The molecular weight excluding hydrogens is 202 g/mol. The van der Waals surface area contributed by atoms with Crippen LogP contribution in [0.1, 0.15) is 0 Å². The minimum absolute atomic E-state index is 0.208. The lowest BCUT2D eigenvalue weighted by Gasteiger charge is -2.05. The van der Waals surface area contributed by atoms with Crippen LogP contribution < -0.4 is 5.49 Å². The molecule has 1 aromatic carbocycles. The van der Waals surface area contributed by atoms with E-state index in [0.29, 0.717) is 11.2 Å². The summed E-state index contributed by atoms with van der Waals surface area (Å²) in [4.78, 5) is 11.1. The molecule has 0 saturated heterocycles. The molecule has 0 radical (unpaired) electrons. The molecule has 0 atom stereocenters. The van der Waals surface area contributed by atoms with Gasteiger partial charge in [-0.1, -0.05) is 18.2 Å². The first kappa shape index (κ1) is 8.84. The number of hydrogen-bond acceptors (Lipinski definition) is 3. The first-order chi connectivity index (χ1) is 7.86. The zero-order chi connectivity index (χ0) is 11.0. The molecule has 2 heterocycles. The SMILES string of the molecule is N=c1ncn(-c2ccccc2)c2nc[nH]c12. The van der Waals surface area contributed by atoms with Gasteiger partial charge < -0.3 is 4.98 Å². The van der Waals surface area contributed by atoms with Gasteiger partial charge in [0.2, 0.25) is 0 Å². The van der Waals surface area contributed by atoms with Gasteiger partial charge in [0, 0.05) is 5.69 Å². The Kier molecular flexibility index (Phi) is 1.83. The molecule has 3 rings (SSSR count). The molecule has 2 N–H and O–H groups in total. The number of H-pyrrole nitrogens is 1. The first-order valence-corrected chi connectivity index (χ1v) is 4.87. The zero-order valence-corrected chi connectivity index (χ0v) is 8.38. The number of aromatic nitrogens is 4. The third kappa shape index (κ3) is 1.22. The van der Waals surface area contributed by atoms with Gasteiger partial charge in [-0.25, -0.2) is 9.97 Å². The average molecular weight is 211 g/mol. The lowest BCUT2D eigenvalue weighted by Crippen LogP contribution is -2.11. The molecule has 0 saturated carbocycles. The van der Waals surface area contributed by atoms with E-state index in [1.54, 1.807) is 12.7 Å². The van der Waals surface area contributed by atoms with E-state index in [1.807, 2.05) is 34.9 Å². The lowest BCUT2D eigenvalue weighted by atomic mass is 10.3. The van der Waals surface area contributed by atoms with E-state index in [0.717, 1.165) is 5.69 Å². The fourth-order valence-electron chi connectivity index (χ4n) is 1.66. The van der Waals surface area contributed by atoms with Crippen LogP contribution >= 0.6 is 0 Å². The van der Waals surface area contributed by atoms with E-state index in [4.69, 9.17) is 5.41 Å². The minimum Gasteiger partial charge on any atom is -0.340 e. The average Bonchev–Trinajstić information content (AvgIpc) is 2.81. The summed E-state index contributed by atoms with van der Waals surface area (Å²) in [6.07, 6.45) is 3.19. The van der Waals surface area contributed by atoms with E-state index in [2.05, 4.69) is 15.0 Å². The molecule has 5 heteroatoms. The molecular formula is C11H9N5. The van der Waals surface area contributed by atoms with Crippen molar-refractivity contribution in [2.45, 2.75) is 0 Å². The van der Waals surface area contributed by atoms with Crippen molar-refractivity contribution in [1.82, 2.24) is 19.5 Å². The van der Waals surface area contributed by atoms with Crippen molar-refractivity contribution in [3.63, 3.8) is 0 Å². The molecule has 16 heavy (non-hydrogen) atoms. The Hall–Kier alpha value is -2.43. The summed E-state index contributed by atoms with van der Waals surface area (Å²) in [7, 11) is 0. The Morgan fingerprint density at radius 3 is 2.75 bits per heavy atom. The molecule has 0 bridgehead atoms. The van der Waals surface area contributed by atoms with Crippen LogP contribution in [0.4, 0.5) is 0 Å². The maximum Gasteiger partial charge on any atom is 0.173 e. The highest BCUT2D eigenvalue weighted by Crippen LogP contribution is 2.11. The summed E-state index contributed by atoms with van der Waals surface area (Å²) in [6, 6.07) is 9.81. The van der Waals surface area contributed by atoms with Crippen molar-refractivity contribution in [2.75, 3.05) is 0 Å². The van der Waals surface area contributed by atoms with Gasteiger partial charge in [0.05, 0.1) is 6.33 Å². The maximum absolute atomic E-state index is 7.64. The van der Waals surface area contributed by atoms with Gasteiger partial charge in [-0.05, 0) is 12.1 Å². The van der Waals surface area contributed by atoms with Gasteiger partial charge in [0.1, 0.15) is 11.8 Å². The molecule has 0 aliphatic rings. The van der Waals surface area contributed by atoms with Crippen LogP contribution in [0.25, 0.3) is 16.9 Å². The number of rotatable bonds is 1. The Morgan fingerprint density at radius 1 is 1.12 bits per heavy atom. The number of nitrogens with one attached hydrogen (secondary N) is 2. The van der Waals surface area contributed by atoms with E-state index in [-0.39, 0.29) is 5.49 Å². The van der Waals surface area contributed by atoms with E-state index >= 15 is 0 Å². The molecule has 5 nitrogen and oxygen atoms in total. The fourth-order valence-corrected chi connectivity index (χ4v) is 1.66. The van der Waals surface area contributed by atoms with E-state index in [1.165, 1.54) is 0 Å². The van der Waals surface area contributed by atoms with Gasteiger partial charge in [0.15, 0.2) is 11.1 Å². The Labute approximate surface area is 90.9 Å². The van der Waals surface area contributed by atoms with Crippen LogP contribution in [-0.2, 0) is 0 Å². The lowest BCUT2D eigenvalue weighted by molar-refractivity contribution is 0.971. The third-order valence-electron chi connectivity index (χ3n) is 2.42. The third-order valence-corrected chi connectivity index (χ3v) is 2.42. The fraction of sp³-hybridized carbons (Fsp3) is 0. The minimum atomic E-state index is 0.208. The Balaban J connectivity index is 2.37. The molecule has 3 aromatic rings. The number of fused-ring (bicyclic) bond motifs is 1. The predicted octanol–water partition coefficient (Wildman–Crippen LogP) is 1.23. The van der Waals surface area contributed by atoms with Crippen LogP contribution in [0.2, 0.25) is 0 Å². The smallest absolute Gasteiger partial charge is 0.173 e. The summed E-state index contributed by atoms with van der Waals surface area (Å²) in [6.45, 7) is 0. The first-order valence-electron chi connectivity index (χ1n) is 4.87. The number of para-hydroxylation sites is 1. The van der Waals surface area contributed by atoms with E-state index in [9.17, 15) is 0 Å². The second-order valence-corrected chi connectivity index (χ2v) is 3.40. The summed E-state index contributed by atoms with van der Waals surface area (Å²) < 4.78 is 1.85. The highest BCUT2D eigenvalue weighted by Gasteiger charge is 2.04. The molecule has 2 aromatic heterocycles. The highest BCUT2D eigenvalue weighted by atomic mass is 15.1. The monoisotopic (exact) mass is 211 g/mol. The van der Waals surface area contributed by atoms with Gasteiger partial charge in [-0.2, -0.15) is 0 Å². The summed E-state index contributed by atoms with van der Waals surface area (Å²) in [5.41, 5.74) is 2.55. The second kappa shape index (κ2) is 3.30. The Bertz CT molecular complexity index is 680. The molecule has 0 aliphatic carbocycles. The molecule has 0 fully saturated rings. The quantitative estimate of drug-likeness (QED) is 0.635. The van der Waals surface area contributed by atoms with E-state index < -0.39 is 0 Å². The van der Waals surface area contributed by atoms with Gasteiger partial charge in [0.25, 0.3) is 0 Å². The highest BCUT2D eigenvalue weighted by molar-refractivity contribution is 5.70. The van der Waals surface area contributed by atoms with Crippen molar-refractivity contribution in [3.05, 3.63) is 48.5 Å². The van der Waals surface area contributed by atoms with Crippen LogP contribution in [0, 0.1) is 5.41 Å². The number of aromatic amines is 1. The molecule has 0 amide bonds. The topological polar surface area (TPSA) is 70.3 Å².